The van der Waals surface area contributed by atoms with Gasteiger partial charge in [0.1, 0.15) is 11.6 Å². The number of nitrogens with zero attached hydrogens (tertiary/aromatic N) is 2. The van der Waals surface area contributed by atoms with Gasteiger partial charge >= 0.3 is 0 Å². The van der Waals surface area contributed by atoms with Gasteiger partial charge in [-0.05, 0) is 25.8 Å². The van der Waals surface area contributed by atoms with Gasteiger partial charge in [-0.15, -0.1) is 0 Å². The number of hydrogen-bond acceptors (Lipinski definition) is 3. The highest BCUT2D eigenvalue weighted by Crippen LogP contribution is 2.31. The SMILES string of the molecule is CCCNc1nc(CCC)nc(-c2ccccc2Cl)c1C. The number of benzene rings is 1. The summed E-state index contributed by atoms with van der Waals surface area (Å²) in [5.74, 6) is 1.79. The predicted octanol–water partition coefficient (Wildman–Crippen LogP) is 4.88. The van der Waals surface area contributed by atoms with Gasteiger partial charge in [-0.25, -0.2) is 9.97 Å². The first-order valence-corrected chi connectivity index (χ1v) is 7.91. The van der Waals surface area contributed by atoms with Gasteiger partial charge in [-0.3, -0.25) is 0 Å². The first-order chi connectivity index (χ1) is 10.2. The summed E-state index contributed by atoms with van der Waals surface area (Å²) in [6.45, 7) is 7.24. The number of rotatable bonds is 6. The molecule has 0 saturated heterocycles. The highest BCUT2D eigenvalue weighted by atomic mass is 35.5. The van der Waals surface area contributed by atoms with Crippen LogP contribution in [0.25, 0.3) is 11.3 Å². The maximum atomic E-state index is 6.34. The van der Waals surface area contributed by atoms with Gasteiger partial charge in [-0.1, -0.05) is 43.6 Å². The van der Waals surface area contributed by atoms with Crippen LogP contribution >= 0.6 is 11.6 Å². The number of nitrogens with one attached hydrogen (secondary N) is 1. The van der Waals surface area contributed by atoms with Crippen molar-refractivity contribution >= 4 is 17.4 Å². The Bertz CT molecular complexity index is 611. The summed E-state index contributed by atoms with van der Waals surface area (Å²) in [6.07, 6.45) is 2.96. The zero-order valence-corrected chi connectivity index (χ0v) is 13.7. The van der Waals surface area contributed by atoms with Gasteiger partial charge in [0.25, 0.3) is 0 Å². The van der Waals surface area contributed by atoms with Crippen molar-refractivity contribution in [1.82, 2.24) is 9.97 Å². The third kappa shape index (κ3) is 3.73. The van der Waals surface area contributed by atoms with Crippen molar-refractivity contribution in [2.24, 2.45) is 0 Å². The summed E-state index contributed by atoms with van der Waals surface area (Å²) < 4.78 is 0. The number of halogens is 1. The molecule has 1 N–H and O–H groups in total. The Kier molecular flexibility index (Phi) is 5.57. The van der Waals surface area contributed by atoms with Crippen molar-refractivity contribution in [1.29, 1.82) is 0 Å². The first kappa shape index (κ1) is 15.8. The van der Waals surface area contributed by atoms with Crippen molar-refractivity contribution < 1.29 is 0 Å². The highest BCUT2D eigenvalue weighted by Gasteiger charge is 2.14. The van der Waals surface area contributed by atoms with E-state index >= 15 is 0 Å². The van der Waals surface area contributed by atoms with E-state index in [1.165, 1.54) is 0 Å². The van der Waals surface area contributed by atoms with Crippen molar-refractivity contribution in [2.75, 3.05) is 11.9 Å². The molecule has 3 nitrogen and oxygen atoms in total. The Morgan fingerprint density at radius 3 is 2.52 bits per heavy atom. The fraction of sp³-hybridized carbons (Fsp3) is 0.412. The second-order valence-electron chi connectivity index (χ2n) is 5.12. The lowest BCUT2D eigenvalue weighted by Gasteiger charge is -2.14. The Morgan fingerprint density at radius 2 is 1.86 bits per heavy atom. The minimum absolute atomic E-state index is 0.725. The molecule has 0 bridgehead atoms. The Labute approximate surface area is 131 Å². The zero-order valence-electron chi connectivity index (χ0n) is 12.9. The molecule has 0 saturated carbocycles. The fourth-order valence-electron chi connectivity index (χ4n) is 2.23. The lowest BCUT2D eigenvalue weighted by Crippen LogP contribution is -2.09. The third-order valence-electron chi connectivity index (χ3n) is 3.34. The molecule has 112 valence electrons. The fourth-order valence-corrected chi connectivity index (χ4v) is 2.45. The lowest BCUT2D eigenvalue weighted by atomic mass is 10.1. The van der Waals surface area contributed by atoms with E-state index in [0.717, 1.165) is 59.3 Å². The first-order valence-electron chi connectivity index (χ1n) is 7.53. The molecule has 0 amide bonds. The van der Waals surface area contributed by atoms with Crippen LogP contribution in [0.2, 0.25) is 5.02 Å². The number of aryl methyl sites for hydroxylation is 1. The van der Waals surface area contributed by atoms with Crippen LogP contribution < -0.4 is 5.32 Å². The van der Waals surface area contributed by atoms with Crippen LogP contribution in [-0.2, 0) is 6.42 Å². The van der Waals surface area contributed by atoms with E-state index in [9.17, 15) is 0 Å². The molecule has 0 aliphatic carbocycles. The quantitative estimate of drug-likeness (QED) is 0.826. The standard InChI is InChI=1S/C17H22ClN3/c1-4-8-15-20-16(13-9-6-7-10-14(13)18)12(3)17(21-15)19-11-5-2/h6-7,9-10H,4-5,8,11H2,1-3H3,(H,19,20,21). The summed E-state index contributed by atoms with van der Waals surface area (Å²) >= 11 is 6.34. The normalized spacial score (nSPS) is 10.7. The summed E-state index contributed by atoms with van der Waals surface area (Å²) in [5, 5.41) is 4.12. The van der Waals surface area contributed by atoms with Crippen molar-refractivity contribution in [3.63, 3.8) is 0 Å². The monoisotopic (exact) mass is 303 g/mol. The van der Waals surface area contributed by atoms with Gasteiger partial charge in [0.15, 0.2) is 0 Å². The molecule has 0 unspecified atom stereocenters. The molecule has 1 aromatic heterocycles. The lowest BCUT2D eigenvalue weighted by molar-refractivity contribution is 0.830. The van der Waals surface area contributed by atoms with Gasteiger partial charge in [0, 0.05) is 29.1 Å². The van der Waals surface area contributed by atoms with E-state index in [0.29, 0.717) is 0 Å². The molecule has 21 heavy (non-hydrogen) atoms. The van der Waals surface area contributed by atoms with Crippen LogP contribution in [0.1, 0.15) is 38.1 Å². The van der Waals surface area contributed by atoms with E-state index in [1.54, 1.807) is 0 Å². The molecule has 0 aliphatic rings. The molecule has 0 spiro atoms. The molecule has 4 heteroatoms. The molecule has 1 aromatic carbocycles. The van der Waals surface area contributed by atoms with Gasteiger partial charge in [-0.2, -0.15) is 0 Å². The Hall–Kier alpha value is -1.61. The van der Waals surface area contributed by atoms with Crippen LogP contribution in [-0.4, -0.2) is 16.5 Å². The molecular formula is C17H22ClN3. The molecule has 0 atom stereocenters. The summed E-state index contributed by atoms with van der Waals surface area (Å²) in [7, 11) is 0. The molecule has 1 heterocycles. The largest absolute Gasteiger partial charge is 0.370 e. The zero-order chi connectivity index (χ0) is 15.2. The number of anilines is 1. The average molecular weight is 304 g/mol. The van der Waals surface area contributed by atoms with E-state index in [2.05, 4.69) is 24.1 Å². The van der Waals surface area contributed by atoms with Gasteiger partial charge < -0.3 is 5.32 Å². The van der Waals surface area contributed by atoms with E-state index in [4.69, 9.17) is 16.6 Å². The van der Waals surface area contributed by atoms with Crippen molar-refractivity contribution in [2.45, 2.75) is 40.0 Å². The average Bonchev–Trinajstić information content (AvgIpc) is 2.48. The smallest absolute Gasteiger partial charge is 0.133 e. The molecule has 0 aliphatic heterocycles. The molecule has 0 radical (unpaired) electrons. The van der Waals surface area contributed by atoms with Crippen LogP contribution in [0.5, 0.6) is 0 Å². The minimum atomic E-state index is 0.725. The van der Waals surface area contributed by atoms with Crippen LogP contribution in [0.4, 0.5) is 5.82 Å². The maximum absolute atomic E-state index is 6.34. The Morgan fingerprint density at radius 1 is 1.10 bits per heavy atom. The van der Waals surface area contributed by atoms with Crippen molar-refractivity contribution in [3.05, 3.63) is 40.7 Å². The predicted molar refractivity (Wildman–Crippen MR) is 90.0 cm³/mol. The number of aromatic nitrogens is 2. The topological polar surface area (TPSA) is 37.8 Å². The van der Waals surface area contributed by atoms with Crippen LogP contribution in [0.15, 0.2) is 24.3 Å². The highest BCUT2D eigenvalue weighted by molar-refractivity contribution is 6.33. The molecule has 0 fully saturated rings. The van der Waals surface area contributed by atoms with Gasteiger partial charge in [0.05, 0.1) is 5.69 Å². The summed E-state index contributed by atoms with van der Waals surface area (Å²) in [6, 6.07) is 7.83. The van der Waals surface area contributed by atoms with E-state index in [1.807, 2.05) is 31.2 Å². The summed E-state index contributed by atoms with van der Waals surface area (Å²) in [4.78, 5) is 9.38. The molecule has 2 rings (SSSR count). The van der Waals surface area contributed by atoms with Crippen LogP contribution in [0, 0.1) is 6.92 Å². The second-order valence-corrected chi connectivity index (χ2v) is 5.53. The molecule has 2 aromatic rings. The van der Waals surface area contributed by atoms with Gasteiger partial charge in [0.2, 0.25) is 0 Å². The summed E-state index contributed by atoms with van der Waals surface area (Å²) in [5.41, 5.74) is 2.95. The van der Waals surface area contributed by atoms with E-state index in [-0.39, 0.29) is 0 Å². The second kappa shape index (κ2) is 7.41. The maximum Gasteiger partial charge on any atom is 0.133 e. The Balaban J connectivity index is 2.53. The minimum Gasteiger partial charge on any atom is -0.370 e. The third-order valence-corrected chi connectivity index (χ3v) is 3.67. The van der Waals surface area contributed by atoms with Crippen molar-refractivity contribution in [3.8, 4) is 11.3 Å². The molecular weight excluding hydrogens is 282 g/mol. The van der Waals surface area contributed by atoms with E-state index < -0.39 is 0 Å². The number of hydrogen-bond donors (Lipinski definition) is 1. The van der Waals surface area contributed by atoms with Crippen LogP contribution in [0.3, 0.4) is 0 Å².